The summed E-state index contributed by atoms with van der Waals surface area (Å²) in [5, 5.41) is 3.30. The van der Waals surface area contributed by atoms with Crippen molar-refractivity contribution in [3.63, 3.8) is 0 Å². The Hall–Kier alpha value is -2.43. The van der Waals surface area contributed by atoms with Crippen LogP contribution in [-0.2, 0) is 13.0 Å². The highest BCUT2D eigenvalue weighted by molar-refractivity contribution is 5.44. The number of rotatable bonds is 3. The fourth-order valence-corrected chi connectivity index (χ4v) is 3.01. The number of halogens is 5. The Morgan fingerprint density at radius 3 is 2.15 bits per heavy atom. The first-order chi connectivity index (χ1) is 12.3. The molecule has 2 aliphatic heterocycles. The van der Waals surface area contributed by atoms with Gasteiger partial charge in [-0.3, -0.25) is 4.90 Å². The molecule has 0 spiro atoms. The van der Waals surface area contributed by atoms with Crippen LogP contribution in [0.5, 0.6) is 11.5 Å². The fraction of sp³-hybridized carbons (Fsp3) is 0.467. The summed E-state index contributed by atoms with van der Waals surface area (Å²) in [7, 11) is 0. The topological polar surface area (TPSA) is 60.6 Å². The number of fused-ring (bicyclic) bond motifs is 2. The average molecular weight is 377 g/mol. The highest BCUT2D eigenvalue weighted by atomic mass is 19.4. The molecule has 1 saturated heterocycles. The summed E-state index contributed by atoms with van der Waals surface area (Å²) in [6, 6.07) is 1.90. The molecule has 2 atom stereocenters. The van der Waals surface area contributed by atoms with Crippen molar-refractivity contribution in [2.24, 2.45) is 0 Å². The number of benzene rings is 1. The lowest BCUT2D eigenvalue weighted by Gasteiger charge is -2.28. The monoisotopic (exact) mass is 377 g/mol. The Balaban J connectivity index is 1.42. The Labute approximate surface area is 143 Å². The molecule has 1 fully saturated rings. The molecule has 1 aromatic heterocycles. The summed E-state index contributed by atoms with van der Waals surface area (Å²) in [6.07, 6.45) is -6.79. The molecule has 0 radical (unpaired) electrons. The van der Waals surface area contributed by atoms with Crippen LogP contribution in [0.2, 0.25) is 0 Å². The second-order valence-electron chi connectivity index (χ2n) is 6.09. The zero-order valence-electron chi connectivity index (χ0n) is 13.1. The van der Waals surface area contributed by atoms with Gasteiger partial charge in [0.25, 0.3) is 0 Å². The number of nitrogens with zero attached hydrogens (tertiary/aromatic N) is 3. The minimum atomic E-state index is -4.43. The lowest BCUT2D eigenvalue weighted by molar-refractivity contribution is -0.128. The SMILES string of the molecule is Fc1ccc(F)c2c1O[C@H]1CN(Cc3nc(CC(F)(F)F)no3)C[C@H]1O2. The fourth-order valence-electron chi connectivity index (χ4n) is 3.01. The molecule has 6 nitrogen and oxygen atoms in total. The van der Waals surface area contributed by atoms with Crippen molar-refractivity contribution in [3.8, 4) is 11.5 Å². The van der Waals surface area contributed by atoms with Crippen molar-refractivity contribution >= 4 is 0 Å². The number of alkyl halides is 3. The maximum absolute atomic E-state index is 13.8. The Bertz CT molecular complexity index is 786. The van der Waals surface area contributed by atoms with Crippen molar-refractivity contribution in [3.05, 3.63) is 35.5 Å². The van der Waals surface area contributed by atoms with Gasteiger partial charge < -0.3 is 14.0 Å². The summed E-state index contributed by atoms with van der Waals surface area (Å²) < 4.78 is 80.4. The summed E-state index contributed by atoms with van der Waals surface area (Å²) >= 11 is 0. The van der Waals surface area contributed by atoms with Gasteiger partial charge in [0.05, 0.1) is 6.54 Å². The third-order valence-corrected chi connectivity index (χ3v) is 4.07. The summed E-state index contributed by atoms with van der Waals surface area (Å²) in [5.74, 6) is -2.46. The highest BCUT2D eigenvalue weighted by Crippen LogP contribution is 2.40. The van der Waals surface area contributed by atoms with Gasteiger partial charge in [0.2, 0.25) is 17.4 Å². The Morgan fingerprint density at radius 1 is 1.04 bits per heavy atom. The molecular weight excluding hydrogens is 365 g/mol. The first kappa shape index (κ1) is 17.0. The first-order valence-electron chi connectivity index (χ1n) is 7.70. The van der Waals surface area contributed by atoms with Gasteiger partial charge in [-0.05, 0) is 12.1 Å². The molecule has 11 heteroatoms. The Kier molecular flexibility index (Phi) is 3.98. The van der Waals surface area contributed by atoms with Gasteiger partial charge in [0, 0.05) is 13.1 Å². The quantitative estimate of drug-likeness (QED) is 0.766. The van der Waals surface area contributed by atoms with Crippen LogP contribution in [0.4, 0.5) is 22.0 Å². The molecule has 0 unspecified atom stereocenters. The zero-order valence-corrected chi connectivity index (χ0v) is 13.1. The molecule has 3 heterocycles. The number of ether oxygens (including phenoxy) is 2. The van der Waals surface area contributed by atoms with E-state index in [1.165, 1.54) is 0 Å². The van der Waals surface area contributed by atoms with E-state index in [0.29, 0.717) is 0 Å². The van der Waals surface area contributed by atoms with Crippen molar-refractivity contribution in [2.45, 2.75) is 31.3 Å². The normalized spacial score (nSPS) is 22.5. The number of hydrogen-bond donors (Lipinski definition) is 0. The van der Waals surface area contributed by atoms with Gasteiger partial charge in [0.15, 0.2) is 17.5 Å². The molecule has 2 aliphatic rings. The minimum absolute atomic E-state index is 0.0118. The standard InChI is InChI=1S/C15H12F5N3O3/c16-7-1-2-8(17)14-13(7)24-9-4-23(5-10(9)25-14)6-12-21-11(22-26-12)3-15(18,19)20/h1-2,9-10H,3-6H2/t9-,10+. The lowest BCUT2D eigenvalue weighted by atomic mass is 10.2. The summed E-state index contributed by atoms with van der Waals surface area (Å²) in [4.78, 5) is 5.44. The van der Waals surface area contributed by atoms with Crippen molar-refractivity contribution in [2.75, 3.05) is 13.1 Å². The van der Waals surface area contributed by atoms with E-state index in [-0.39, 0.29) is 37.0 Å². The first-order valence-corrected chi connectivity index (χ1v) is 7.70. The van der Waals surface area contributed by atoms with Gasteiger partial charge in [-0.2, -0.15) is 18.2 Å². The van der Waals surface area contributed by atoms with Crippen LogP contribution in [0.15, 0.2) is 16.7 Å². The van der Waals surface area contributed by atoms with Gasteiger partial charge in [-0.1, -0.05) is 5.16 Å². The van der Waals surface area contributed by atoms with E-state index in [4.69, 9.17) is 14.0 Å². The molecule has 140 valence electrons. The number of hydrogen-bond acceptors (Lipinski definition) is 6. The van der Waals surface area contributed by atoms with Crippen LogP contribution in [0, 0.1) is 11.6 Å². The third kappa shape index (κ3) is 3.30. The average Bonchev–Trinajstić information content (AvgIpc) is 3.14. The second kappa shape index (κ2) is 6.08. The number of aromatic nitrogens is 2. The van der Waals surface area contributed by atoms with E-state index in [2.05, 4.69) is 10.1 Å². The van der Waals surface area contributed by atoms with Crippen LogP contribution in [-0.4, -0.2) is 46.5 Å². The van der Waals surface area contributed by atoms with Crippen LogP contribution < -0.4 is 9.47 Å². The van der Waals surface area contributed by atoms with Gasteiger partial charge in [0.1, 0.15) is 18.6 Å². The van der Waals surface area contributed by atoms with Crippen molar-refractivity contribution < 1.29 is 35.9 Å². The van der Waals surface area contributed by atoms with E-state index in [1.54, 1.807) is 4.90 Å². The Morgan fingerprint density at radius 2 is 1.62 bits per heavy atom. The smallest absolute Gasteiger partial charge is 0.396 e. The van der Waals surface area contributed by atoms with Crippen LogP contribution in [0.1, 0.15) is 11.7 Å². The summed E-state index contributed by atoms with van der Waals surface area (Å²) in [6.45, 7) is 0.653. The van der Waals surface area contributed by atoms with Crippen LogP contribution in [0.3, 0.4) is 0 Å². The van der Waals surface area contributed by atoms with Gasteiger partial charge in [-0.25, -0.2) is 8.78 Å². The predicted octanol–water partition coefficient (Wildman–Crippen LogP) is 2.48. The molecular formula is C15H12F5N3O3. The third-order valence-electron chi connectivity index (χ3n) is 4.07. The molecule has 4 rings (SSSR count). The molecule has 0 amide bonds. The zero-order chi connectivity index (χ0) is 18.5. The van der Waals surface area contributed by atoms with E-state index in [9.17, 15) is 22.0 Å². The van der Waals surface area contributed by atoms with Crippen molar-refractivity contribution in [1.29, 1.82) is 0 Å². The molecule has 2 aromatic rings. The van der Waals surface area contributed by atoms with Gasteiger partial charge in [-0.15, -0.1) is 0 Å². The molecule has 26 heavy (non-hydrogen) atoms. The van der Waals surface area contributed by atoms with Crippen LogP contribution in [0.25, 0.3) is 0 Å². The maximum atomic E-state index is 13.8. The summed E-state index contributed by atoms with van der Waals surface area (Å²) in [5.41, 5.74) is 0. The molecule has 1 aromatic carbocycles. The molecule has 0 N–H and O–H groups in total. The molecule has 0 saturated carbocycles. The van der Waals surface area contributed by atoms with Crippen LogP contribution >= 0.6 is 0 Å². The van der Waals surface area contributed by atoms with E-state index in [0.717, 1.165) is 12.1 Å². The predicted molar refractivity (Wildman–Crippen MR) is 74.5 cm³/mol. The molecule has 0 aliphatic carbocycles. The van der Waals surface area contributed by atoms with Gasteiger partial charge >= 0.3 is 6.18 Å². The molecule has 0 bridgehead atoms. The minimum Gasteiger partial charge on any atom is -0.478 e. The second-order valence-corrected chi connectivity index (χ2v) is 6.09. The maximum Gasteiger partial charge on any atom is 0.396 e. The highest BCUT2D eigenvalue weighted by Gasteiger charge is 2.42. The lowest BCUT2D eigenvalue weighted by Crippen LogP contribution is -2.39. The van der Waals surface area contributed by atoms with Crippen molar-refractivity contribution in [1.82, 2.24) is 15.0 Å². The largest absolute Gasteiger partial charge is 0.478 e. The van der Waals surface area contributed by atoms with E-state index >= 15 is 0 Å². The van der Waals surface area contributed by atoms with E-state index < -0.39 is 42.3 Å². The number of likely N-dealkylation sites (tertiary alicyclic amines) is 1. The van der Waals surface area contributed by atoms with E-state index in [1.807, 2.05) is 0 Å².